The normalized spacial score (nSPS) is 12.8. The van der Waals surface area contributed by atoms with Crippen molar-refractivity contribution >= 4 is 33.1 Å². The summed E-state index contributed by atoms with van der Waals surface area (Å²) in [5.41, 5.74) is 0. The third kappa shape index (κ3) is 6.21. The molecule has 1 amide bonds. The Bertz CT molecular complexity index is 667. The fourth-order valence-electron chi connectivity index (χ4n) is 1.98. The second-order valence-corrected chi connectivity index (χ2v) is 8.76. The Morgan fingerprint density at radius 1 is 1.38 bits per heavy atom. The van der Waals surface area contributed by atoms with Crippen LogP contribution in [0.5, 0.6) is 0 Å². The van der Waals surface area contributed by atoms with Gasteiger partial charge in [-0.25, -0.2) is 8.42 Å². The fraction of sp³-hybridized carbons (Fsp3) is 0.600. The molecular formula is C15H23NO6S2. The van der Waals surface area contributed by atoms with E-state index in [9.17, 15) is 18.0 Å². The van der Waals surface area contributed by atoms with Gasteiger partial charge in [0.05, 0.1) is 10.8 Å². The lowest BCUT2D eigenvalue weighted by molar-refractivity contribution is -0.141. The molecule has 0 aliphatic rings. The van der Waals surface area contributed by atoms with Crippen LogP contribution in [-0.2, 0) is 19.4 Å². The van der Waals surface area contributed by atoms with Crippen LogP contribution in [0.3, 0.4) is 0 Å². The number of carboxylic acid groups (broad SMARTS) is 1. The lowest BCUT2D eigenvalue weighted by Crippen LogP contribution is -2.37. The molecule has 0 aromatic carbocycles. The van der Waals surface area contributed by atoms with E-state index in [0.717, 1.165) is 17.6 Å². The Labute approximate surface area is 146 Å². The summed E-state index contributed by atoms with van der Waals surface area (Å²) in [6, 6.07) is 2.86. The first-order valence-corrected chi connectivity index (χ1v) is 10.3. The number of carbonyl (C=O) groups excluding carboxylic acids is 1. The number of hydrogen-bond acceptors (Lipinski definition) is 6. The van der Waals surface area contributed by atoms with Gasteiger partial charge < -0.3 is 14.7 Å². The molecule has 7 nitrogen and oxygen atoms in total. The molecule has 1 rings (SSSR count). The van der Waals surface area contributed by atoms with Crippen molar-refractivity contribution in [1.82, 2.24) is 4.90 Å². The van der Waals surface area contributed by atoms with E-state index in [1.54, 1.807) is 0 Å². The van der Waals surface area contributed by atoms with Crippen LogP contribution in [0.2, 0.25) is 0 Å². The Morgan fingerprint density at radius 2 is 2.04 bits per heavy atom. The van der Waals surface area contributed by atoms with Crippen LogP contribution in [0.1, 0.15) is 29.9 Å². The second kappa shape index (κ2) is 9.14. The van der Waals surface area contributed by atoms with E-state index in [1.807, 2.05) is 6.92 Å². The second-order valence-electron chi connectivity index (χ2n) is 5.43. The number of carboxylic acids is 1. The van der Waals surface area contributed by atoms with Crippen LogP contribution in [-0.4, -0.2) is 62.9 Å². The zero-order chi connectivity index (χ0) is 18.3. The maximum absolute atomic E-state index is 12.6. The molecule has 0 spiro atoms. The van der Waals surface area contributed by atoms with Gasteiger partial charge in [0, 0.05) is 32.6 Å². The van der Waals surface area contributed by atoms with Crippen molar-refractivity contribution in [2.24, 2.45) is 5.92 Å². The summed E-state index contributed by atoms with van der Waals surface area (Å²) in [6.07, 6.45) is 1.66. The minimum Gasteiger partial charge on any atom is -0.481 e. The van der Waals surface area contributed by atoms with Crippen LogP contribution >= 0.6 is 11.3 Å². The van der Waals surface area contributed by atoms with E-state index in [0.29, 0.717) is 26.2 Å². The van der Waals surface area contributed by atoms with Gasteiger partial charge in [0.15, 0.2) is 9.84 Å². The van der Waals surface area contributed by atoms with Crippen molar-refractivity contribution in [3.63, 3.8) is 0 Å². The van der Waals surface area contributed by atoms with Crippen molar-refractivity contribution in [3.8, 4) is 0 Å². The summed E-state index contributed by atoms with van der Waals surface area (Å²) in [7, 11) is -3.37. The first-order valence-electron chi connectivity index (χ1n) is 7.56. The summed E-state index contributed by atoms with van der Waals surface area (Å²) < 4.78 is 28.4. The fourth-order valence-corrected chi connectivity index (χ4v) is 3.87. The van der Waals surface area contributed by atoms with E-state index >= 15 is 0 Å². The molecule has 0 saturated carbocycles. The zero-order valence-electron chi connectivity index (χ0n) is 14.0. The minimum absolute atomic E-state index is 0.0619. The molecule has 0 radical (unpaired) electrons. The third-order valence-corrected chi connectivity index (χ3v) is 6.17. The highest BCUT2D eigenvalue weighted by molar-refractivity contribution is 7.92. The quantitative estimate of drug-likeness (QED) is 0.623. The van der Waals surface area contributed by atoms with Crippen molar-refractivity contribution in [2.75, 3.05) is 32.6 Å². The summed E-state index contributed by atoms with van der Waals surface area (Å²) >= 11 is 0.898. The summed E-state index contributed by atoms with van der Waals surface area (Å²) in [5, 5.41) is 9.06. The molecule has 0 saturated heterocycles. The number of nitrogens with zero attached hydrogens (tertiary/aromatic N) is 1. The summed E-state index contributed by atoms with van der Waals surface area (Å²) in [4.78, 5) is 25.4. The number of thiophene rings is 1. The van der Waals surface area contributed by atoms with Crippen molar-refractivity contribution < 1.29 is 27.9 Å². The molecule has 136 valence electrons. The number of amides is 1. The number of sulfone groups is 1. The lowest BCUT2D eigenvalue weighted by Gasteiger charge is -2.24. The van der Waals surface area contributed by atoms with Crippen molar-refractivity contribution in [1.29, 1.82) is 0 Å². The molecule has 0 fully saturated rings. The highest BCUT2D eigenvalue weighted by Crippen LogP contribution is 2.23. The van der Waals surface area contributed by atoms with Gasteiger partial charge in [0.2, 0.25) is 0 Å². The molecule has 0 bridgehead atoms. The predicted molar refractivity (Wildman–Crippen MR) is 91.2 cm³/mol. The molecule has 1 aromatic rings. The molecule has 9 heteroatoms. The van der Waals surface area contributed by atoms with E-state index in [1.165, 1.54) is 24.0 Å². The zero-order valence-corrected chi connectivity index (χ0v) is 15.7. The molecule has 0 aliphatic heterocycles. The maximum atomic E-state index is 12.6. The number of aliphatic carboxylic acids is 1. The Balaban J connectivity index is 2.88. The predicted octanol–water partition coefficient (Wildman–Crippen LogP) is 1.74. The molecule has 1 heterocycles. The topological polar surface area (TPSA) is 101 Å². The Kier molecular flexibility index (Phi) is 7.85. The average Bonchev–Trinajstić information content (AvgIpc) is 2.99. The van der Waals surface area contributed by atoms with Crippen molar-refractivity contribution in [3.05, 3.63) is 17.0 Å². The number of carbonyl (C=O) groups is 2. The van der Waals surface area contributed by atoms with E-state index < -0.39 is 21.7 Å². The van der Waals surface area contributed by atoms with Gasteiger partial charge in [-0.05, 0) is 25.5 Å². The summed E-state index contributed by atoms with van der Waals surface area (Å²) in [5.74, 6) is -2.06. The van der Waals surface area contributed by atoms with Gasteiger partial charge in [-0.1, -0.05) is 6.92 Å². The molecule has 24 heavy (non-hydrogen) atoms. The molecule has 1 atom stereocenters. The molecule has 0 aliphatic carbocycles. The molecule has 1 N–H and O–H groups in total. The van der Waals surface area contributed by atoms with Crippen LogP contribution < -0.4 is 0 Å². The van der Waals surface area contributed by atoms with Crippen LogP contribution in [0.25, 0.3) is 0 Å². The standard InChI is InChI=1S/C15H23NO6S2/c1-4-22-9-5-8-16(10-11(2)15(18)19)14(17)12-6-7-13(23-12)24(3,20)21/h6-7,11H,4-5,8-10H2,1-3H3,(H,18,19). The Hall–Kier alpha value is -1.45. The lowest BCUT2D eigenvalue weighted by atomic mass is 10.1. The van der Waals surface area contributed by atoms with Crippen LogP contribution in [0, 0.1) is 5.92 Å². The van der Waals surface area contributed by atoms with Gasteiger partial charge in [-0.3, -0.25) is 9.59 Å². The van der Waals surface area contributed by atoms with Gasteiger partial charge in [0.1, 0.15) is 4.21 Å². The number of rotatable bonds is 10. The Morgan fingerprint density at radius 3 is 2.54 bits per heavy atom. The maximum Gasteiger partial charge on any atom is 0.308 e. The highest BCUT2D eigenvalue weighted by Gasteiger charge is 2.23. The van der Waals surface area contributed by atoms with Gasteiger partial charge in [-0.15, -0.1) is 11.3 Å². The third-order valence-electron chi connectivity index (χ3n) is 3.28. The number of ether oxygens (including phenoxy) is 1. The largest absolute Gasteiger partial charge is 0.481 e. The smallest absolute Gasteiger partial charge is 0.308 e. The average molecular weight is 377 g/mol. The first-order chi connectivity index (χ1) is 11.2. The SMILES string of the molecule is CCOCCCN(CC(C)C(=O)O)C(=O)c1ccc(S(C)(=O)=O)s1. The first kappa shape index (κ1) is 20.6. The molecule has 1 aromatic heterocycles. The van der Waals surface area contributed by atoms with Crippen molar-refractivity contribution in [2.45, 2.75) is 24.5 Å². The van der Waals surface area contributed by atoms with E-state index in [2.05, 4.69) is 0 Å². The summed E-state index contributed by atoms with van der Waals surface area (Å²) in [6.45, 7) is 4.85. The molecule has 1 unspecified atom stereocenters. The monoisotopic (exact) mass is 377 g/mol. The van der Waals surface area contributed by atoms with Gasteiger partial charge in [-0.2, -0.15) is 0 Å². The molecular weight excluding hydrogens is 354 g/mol. The minimum atomic E-state index is -3.37. The van der Waals surface area contributed by atoms with Gasteiger partial charge in [0.25, 0.3) is 5.91 Å². The van der Waals surface area contributed by atoms with Crippen LogP contribution in [0.15, 0.2) is 16.3 Å². The number of hydrogen-bond donors (Lipinski definition) is 1. The van der Waals surface area contributed by atoms with Crippen LogP contribution in [0.4, 0.5) is 0 Å². The van der Waals surface area contributed by atoms with E-state index in [4.69, 9.17) is 9.84 Å². The van der Waals surface area contributed by atoms with Gasteiger partial charge >= 0.3 is 5.97 Å². The highest BCUT2D eigenvalue weighted by atomic mass is 32.2. The van der Waals surface area contributed by atoms with E-state index in [-0.39, 0.29) is 21.5 Å².